The van der Waals surface area contributed by atoms with Crippen molar-refractivity contribution in [1.29, 1.82) is 0 Å². The third-order valence-corrected chi connectivity index (χ3v) is 2.12. The van der Waals surface area contributed by atoms with Gasteiger partial charge in [0.2, 0.25) is 0 Å². The Morgan fingerprint density at radius 3 is 2.85 bits per heavy atom. The molecule has 0 heterocycles. The van der Waals surface area contributed by atoms with Crippen molar-refractivity contribution in [2.45, 2.75) is 6.42 Å². The molecule has 0 spiro atoms. The van der Waals surface area contributed by atoms with E-state index in [1.54, 1.807) is 6.07 Å². The molecule has 0 amide bonds. The van der Waals surface area contributed by atoms with Gasteiger partial charge in [-0.3, -0.25) is 0 Å². The summed E-state index contributed by atoms with van der Waals surface area (Å²) in [7, 11) is 0. The smallest absolute Gasteiger partial charge is 0.123 e. The summed E-state index contributed by atoms with van der Waals surface area (Å²) in [5, 5.41) is 9.48. The molecule has 0 aliphatic carbocycles. The van der Waals surface area contributed by atoms with Crippen molar-refractivity contribution in [3.05, 3.63) is 34.3 Å². The highest BCUT2D eigenvalue weighted by atomic mass is 79.9. The highest BCUT2D eigenvalue weighted by molar-refractivity contribution is 9.10. The SMILES string of the molecule is NCCC=Cc1ccc(Br)cc1O. The van der Waals surface area contributed by atoms with E-state index in [0.717, 1.165) is 16.5 Å². The van der Waals surface area contributed by atoms with E-state index in [0.29, 0.717) is 6.54 Å². The molecule has 0 bridgehead atoms. The Hall–Kier alpha value is -0.800. The van der Waals surface area contributed by atoms with Crippen LogP contribution < -0.4 is 5.73 Å². The zero-order valence-corrected chi connectivity index (χ0v) is 8.79. The lowest BCUT2D eigenvalue weighted by molar-refractivity contribution is 0.473. The first kappa shape index (κ1) is 10.3. The molecule has 70 valence electrons. The minimum absolute atomic E-state index is 0.280. The van der Waals surface area contributed by atoms with Gasteiger partial charge in [0.1, 0.15) is 5.75 Å². The van der Waals surface area contributed by atoms with Crippen LogP contribution in [0.4, 0.5) is 0 Å². The van der Waals surface area contributed by atoms with Crippen LogP contribution in [0.15, 0.2) is 28.7 Å². The minimum Gasteiger partial charge on any atom is -0.507 e. The van der Waals surface area contributed by atoms with Crippen LogP contribution in [0.1, 0.15) is 12.0 Å². The quantitative estimate of drug-likeness (QED) is 0.855. The molecule has 13 heavy (non-hydrogen) atoms. The predicted molar refractivity (Wildman–Crippen MR) is 58.5 cm³/mol. The molecule has 1 rings (SSSR count). The summed E-state index contributed by atoms with van der Waals surface area (Å²) < 4.78 is 0.876. The van der Waals surface area contributed by atoms with Crippen LogP contribution in [0.2, 0.25) is 0 Å². The molecular weight excluding hydrogens is 230 g/mol. The second-order valence-corrected chi connectivity index (χ2v) is 3.60. The Morgan fingerprint density at radius 2 is 2.23 bits per heavy atom. The van der Waals surface area contributed by atoms with Gasteiger partial charge in [0, 0.05) is 10.0 Å². The monoisotopic (exact) mass is 241 g/mol. The molecule has 3 heteroatoms. The maximum Gasteiger partial charge on any atom is 0.123 e. The lowest BCUT2D eigenvalue weighted by atomic mass is 10.2. The molecule has 0 aliphatic heterocycles. The van der Waals surface area contributed by atoms with E-state index in [-0.39, 0.29) is 5.75 Å². The zero-order valence-electron chi connectivity index (χ0n) is 7.20. The Labute approximate surface area is 86.2 Å². The largest absolute Gasteiger partial charge is 0.507 e. The first-order chi connectivity index (χ1) is 6.24. The Kier molecular flexibility index (Phi) is 3.99. The maximum atomic E-state index is 9.48. The van der Waals surface area contributed by atoms with Crippen molar-refractivity contribution in [1.82, 2.24) is 0 Å². The van der Waals surface area contributed by atoms with Gasteiger partial charge in [-0.25, -0.2) is 0 Å². The summed E-state index contributed by atoms with van der Waals surface area (Å²) >= 11 is 3.27. The van der Waals surface area contributed by atoms with Gasteiger partial charge in [-0.2, -0.15) is 0 Å². The molecule has 0 aromatic heterocycles. The Bertz CT molecular complexity index is 310. The summed E-state index contributed by atoms with van der Waals surface area (Å²) in [6.45, 7) is 0.633. The van der Waals surface area contributed by atoms with Crippen LogP contribution in [-0.4, -0.2) is 11.7 Å². The van der Waals surface area contributed by atoms with E-state index in [9.17, 15) is 5.11 Å². The molecule has 1 aromatic rings. The third kappa shape index (κ3) is 3.20. The molecule has 0 unspecified atom stereocenters. The van der Waals surface area contributed by atoms with Gasteiger partial charge in [0.15, 0.2) is 0 Å². The van der Waals surface area contributed by atoms with Gasteiger partial charge in [0.25, 0.3) is 0 Å². The number of phenolic OH excluding ortho intramolecular Hbond substituents is 1. The highest BCUT2D eigenvalue weighted by Crippen LogP contribution is 2.23. The van der Waals surface area contributed by atoms with Crippen molar-refractivity contribution >= 4 is 22.0 Å². The molecule has 0 saturated carbocycles. The van der Waals surface area contributed by atoms with Crippen molar-refractivity contribution in [2.24, 2.45) is 5.73 Å². The molecule has 1 aromatic carbocycles. The van der Waals surface area contributed by atoms with E-state index in [1.165, 1.54) is 0 Å². The van der Waals surface area contributed by atoms with Gasteiger partial charge in [-0.05, 0) is 25.1 Å². The molecule has 0 saturated heterocycles. The number of nitrogens with two attached hydrogens (primary N) is 1. The van der Waals surface area contributed by atoms with Crippen molar-refractivity contribution in [3.63, 3.8) is 0 Å². The minimum atomic E-state index is 0.280. The van der Waals surface area contributed by atoms with Crippen LogP contribution >= 0.6 is 15.9 Å². The van der Waals surface area contributed by atoms with Crippen LogP contribution in [0.5, 0.6) is 5.75 Å². The van der Waals surface area contributed by atoms with Gasteiger partial charge in [0.05, 0.1) is 0 Å². The predicted octanol–water partition coefficient (Wildman–Crippen LogP) is 2.52. The summed E-state index contributed by atoms with van der Waals surface area (Å²) in [6.07, 6.45) is 4.65. The van der Waals surface area contributed by atoms with E-state index >= 15 is 0 Å². The van der Waals surface area contributed by atoms with Crippen LogP contribution in [0.25, 0.3) is 6.08 Å². The Balaban J connectivity index is 2.77. The lowest BCUT2D eigenvalue weighted by Gasteiger charge is -1.98. The van der Waals surface area contributed by atoms with Crippen molar-refractivity contribution < 1.29 is 5.11 Å². The molecule has 3 N–H and O–H groups in total. The normalized spacial score (nSPS) is 10.9. The van der Waals surface area contributed by atoms with Gasteiger partial charge >= 0.3 is 0 Å². The molecular formula is C10H12BrNO. The van der Waals surface area contributed by atoms with Crippen molar-refractivity contribution in [2.75, 3.05) is 6.54 Å². The average Bonchev–Trinajstić information content (AvgIpc) is 2.09. The van der Waals surface area contributed by atoms with E-state index < -0.39 is 0 Å². The third-order valence-electron chi connectivity index (χ3n) is 1.62. The Morgan fingerprint density at radius 1 is 1.46 bits per heavy atom. The lowest BCUT2D eigenvalue weighted by Crippen LogP contribution is -1.94. The van der Waals surface area contributed by atoms with E-state index in [4.69, 9.17) is 5.73 Å². The second kappa shape index (κ2) is 5.04. The number of halogens is 1. The maximum absolute atomic E-state index is 9.48. The van der Waals surface area contributed by atoms with Gasteiger partial charge in [-0.15, -0.1) is 0 Å². The molecule has 0 atom stereocenters. The summed E-state index contributed by atoms with van der Waals surface area (Å²) in [5.41, 5.74) is 6.15. The van der Waals surface area contributed by atoms with Crippen LogP contribution in [-0.2, 0) is 0 Å². The first-order valence-corrected chi connectivity index (χ1v) is 4.88. The molecule has 0 aliphatic rings. The number of phenols is 1. The molecule has 2 nitrogen and oxygen atoms in total. The zero-order chi connectivity index (χ0) is 9.68. The van der Waals surface area contributed by atoms with E-state index in [2.05, 4.69) is 15.9 Å². The van der Waals surface area contributed by atoms with Gasteiger partial charge < -0.3 is 10.8 Å². The van der Waals surface area contributed by atoms with Crippen LogP contribution in [0, 0.1) is 0 Å². The van der Waals surface area contributed by atoms with Crippen LogP contribution in [0.3, 0.4) is 0 Å². The highest BCUT2D eigenvalue weighted by Gasteiger charge is 1.96. The number of benzene rings is 1. The van der Waals surface area contributed by atoms with E-state index in [1.807, 2.05) is 24.3 Å². The second-order valence-electron chi connectivity index (χ2n) is 2.68. The standard InChI is InChI=1S/C10H12BrNO/c11-9-5-4-8(10(13)7-9)3-1-2-6-12/h1,3-5,7,13H,2,6,12H2. The average molecular weight is 242 g/mol. The molecule has 0 radical (unpaired) electrons. The number of hydrogen-bond donors (Lipinski definition) is 2. The van der Waals surface area contributed by atoms with Gasteiger partial charge in [-0.1, -0.05) is 34.1 Å². The fourth-order valence-corrected chi connectivity index (χ4v) is 1.31. The fraction of sp³-hybridized carbons (Fsp3) is 0.200. The summed E-state index contributed by atoms with van der Waals surface area (Å²) in [4.78, 5) is 0. The number of aromatic hydroxyl groups is 1. The summed E-state index contributed by atoms with van der Waals surface area (Å²) in [5.74, 6) is 0.280. The number of rotatable bonds is 3. The summed E-state index contributed by atoms with van der Waals surface area (Å²) in [6, 6.07) is 5.41. The van der Waals surface area contributed by atoms with Crippen molar-refractivity contribution in [3.8, 4) is 5.75 Å². The fourth-order valence-electron chi connectivity index (χ4n) is 0.964. The topological polar surface area (TPSA) is 46.2 Å². The number of hydrogen-bond acceptors (Lipinski definition) is 2. The molecule has 0 fully saturated rings. The first-order valence-electron chi connectivity index (χ1n) is 4.09.